The molecular weight excluding hydrogens is 470 g/mol. The van der Waals surface area contributed by atoms with E-state index in [-0.39, 0.29) is 30.6 Å². The smallest absolute Gasteiger partial charge is 0.331 e. The Hall–Kier alpha value is -3.47. The van der Waals surface area contributed by atoms with Gasteiger partial charge in [-0.3, -0.25) is 23.4 Å². The molecule has 0 spiro atoms. The summed E-state index contributed by atoms with van der Waals surface area (Å²) in [6, 6.07) is 10.5. The number of benzene rings is 1. The molecule has 2 aromatic heterocycles. The average Bonchev–Trinajstić information content (AvgIpc) is 3.32. The molecule has 3 aromatic rings. The lowest BCUT2D eigenvalue weighted by molar-refractivity contribution is -0.131. The zero-order valence-corrected chi connectivity index (χ0v) is 20.9. The summed E-state index contributed by atoms with van der Waals surface area (Å²) in [5.74, 6) is -0.177. The Morgan fingerprint density at radius 1 is 1.14 bits per heavy atom. The highest BCUT2D eigenvalue weighted by Crippen LogP contribution is 2.27. The molecule has 0 N–H and O–H groups in total. The Morgan fingerprint density at radius 2 is 1.86 bits per heavy atom. The highest BCUT2D eigenvalue weighted by Gasteiger charge is 2.31. The van der Waals surface area contributed by atoms with E-state index in [4.69, 9.17) is 0 Å². The number of likely N-dealkylation sites (N-methyl/N-ethyl adjacent to an activating group) is 1. The second kappa shape index (κ2) is 9.65. The quantitative estimate of drug-likeness (QED) is 0.477. The minimum atomic E-state index is -3.06. The fourth-order valence-corrected chi connectivity index (χ4v) is 6.13. The van der Waals surface area contributed by atoms with Gasteiger partial charge in [-0.15, -0.1) is 0 Å². The van der Waals surface area contributed by atoms with E-state index >= 15 is 0 Å². The Balaban J connectivity index is 1.50. The number of carbonyl (C=O) groups is 1. The molecular formula is C24H29N5O5S. The van der Waals surface area contributed by atoms with Crippen LogP contribution < -0.4 is 11.2 Å². The number of sulfone groups is 1. The van der Waals surface area contributed by atoms with Crippen LogP contribution in [0.1, 0.15) is 35.0 Å². The number of aryl methyl sites for hydroxylation is 1. The van der Waals surface area contributed by atoms with Crippen LogP contribution in [0.4, 0.5) is 0 Å². The molecule has 35 heavy (non-hydrogen) atoms. The molecule has 0 bridgehead atoms. The van der Waals surface area contributed by atoms with E-state index in [1.807, 2.05) is 44.2 Å². The SMILES string of the molecule is Cc1nn(C2CCS(=O)(=O)C2)c(C)c1CN(C)C(=O)Cn1c(=O)ccn(Cc2ccccc2)c1=O. The lowest BCUT2D eigenvalue weighted by Gasteiger charge is -2.19. The standard InChI is InChI=1S/C24H29N5O5S/c1-17-21(18(2)29(25-17)20-10-12-35(33,34)16-20)14-26(3)23(31)15-28-22(30)9-11-27(24(28)32)13-19-7-5-4-6-8-19/h4-9,11,20H,10,12-16H2,1-3H3. The lowest BCUT2D eigenvalue weighted by Crippen LogP contribution is -2.43. The topological polar surface area (TPSA) is 116 Å². The summed E-state index contributed by atoms with van der Waals surface area (Å²) in [5.41, 5.74) is 2.17. The van der Waals surface area contributed by atoms with E-state index in [1.54, 1.807) is 11.7 Å². The van der Waals surface area contributed by atoms with Crippen LogP contribution in [-0.2, 0) is 34.3 Å². The van der Waals surface area contributed by atoms with Crippen molar-refractivity contribution in [1.82, 2.24) is 23.8 Å². The van der Waals surface area contributed by atoms with E-state index in [0.717, 1.165) is 21.4 Å². The first-order chi connectivity index (χ1) is 16.6. The van der Waals surface area contributed by atoms with E-state index in [9.17, 15) is 22.8 Å². The molecule has 3 heterocycles. The number of hydrogen-bond donors (Lipinski definition) is 0. The first-order valence-electron chi connectivity index (χ1n) is 11.4. The van der Waals surface area contributed by atoms with Gasteiger partial charge in [-0.05, 0) is 25.8 Å². The van der Waals surface area contributed by atoms with Gasteiger partial charge in [0.1, 0.15) is 6.54 Å². The molecule has 1 amide bonds. The summed E-state index contributed by atoms with van der Waals surface area (Å²) in [7, 11) is -1.45. The first kappa shape index (κ1) is 24.6. The molecule has 1 atom stereocenters. The van der Waals surface area contributed by atoms with Crippen LogP contribution in [0, 0.1) is 13.8 Å². The summed E-state index contributed by atoms with van der Waals surface area (Å²) < 4.78 is 27.9. The number of carbonyl (C=O) groups excluding carboxylic acids is 1. The van der Waals surface area contributed by atoms with Crippen molar-refractivity contribution in [2.45, 2.75) is 45.9 Å². The minimum absolute atomic E-state index is 0.0648. The molecule has 0 radical (unpaired) electrons. The van der Waals surface area contributed by atoms with Crippen molar-refractivity contribution in [1.29, 1.82) is 0 Å². The van der Waals surface area contributed by atoms with Crippen molar-refractivity contribution in [2.24, 2.45) is 0 Å². The maximum atomic E-state index is 13.0. The van der Waals surface area contributed by atoms with Gasteiger partial charge in [0.2, 0.25) is 5.91 Å². The van der Waals surface area contributed by atoms with Gasteiger partial charge in [-0.2, -0.15) is 5.10 Å². The van der Waals surface area contributed by atoms with Gasteiger partial charge in [0.15, 0.2) is 9.84 Å². The number of rotatable bonds is 7. The summed E-state index contributed by atoms with van der Waals surface area (Å²) in [6.07, 6.45) is 1.96. The molecule has 186 valence electrons. The molecule has 0 aliphatic carbocycles. The van der Waals surface area contributed by atoms with Gasteiger partial charge in [0, 0.05) is 37.1 Å². The van der Waals surface area contributed by atoms with Crippen LogP contribution in [0.3, 0.4) is 0 Å². The maximum absolute atomic E-state index is 13.0. The van der Waals surface area contributed by atoms with E-state index < -0.39 is 27.0 Å². The molecule has 1 aliphatic heterocycles. The Labute approximate surface area is 203 Å². The molecule has 1 aromatic carbocycles. The zero-order chi connectivity index (χ0) is 25.3. The number of aromatic nitrogens is 4. The third kappa shape index (κ3) is 5.29. The summed E-state index contributed by atoms with van der Waals surface area (Å²) in [5, 5.41) is 4.54. The third-order valence-corrected chi connectivity index (χ3v) is 8.23. The van der Waals surface area contributed by atoms with Crippen LogP contribution >= 0.6 is 0 Å². The first-order valence-corrected chi connectivity index (χ1v) is 13.2. The largest absolute Gasteiger partial charge is 0.340 e. The average molecular weight is 500 g/mol. The molecule has 1 fully saturated rings. The van der Waals surface area contributed by atoms with Crippen LogP contribution in [-0.4, -0.2) is 56.7 Å². The molecule has 10 nitrogen and oxygen atoms in total. The van der Waals surface area contributed by atoms with Gasteiger partial charge < -0.3 is 4.90 Å². The fraction of sp³-hybridized carbons (Fsp3) is 0.417. The maximum Gasteiger partial charge on any atom is 0.331 e. The monoisotopic (exact) mass is 499 g/mol. The van der Waals surface area contributed by atoms with Crippen molar-refractivity contribution < 1.29 is 13.2 Å². The fourth-order valence-electron chi connectivity index (χ4n) is 4.43. The van der Waals surface area contributed by atoms with Gasteiger partial charge in [-0.1, -0.05) is 30.3 Å². The van der Waals surface area contributed by atoms with Crippen molar-refractivity contribution in [3.8, 4) is 0 Å². The summed E-state index contributed by atoms with van der Waals surface area (Å²) >= 11 is 0. The molecule has 1 saturated heterocycles. The van der Waals surface area contributed by atoms with Gasteiger partial charge in [-0.25, -0.2) is 13.2 Å². The van der Waals surface area contributed by atoms with Crippen molar-refractivity contribution in [3.63, 3.8) is 0 Å². The zero-order valence-electron chi connectivity index (χ0n) is 20.0. The number of hydrogen-bond acceptors (Lipinski definition) is 6. The molecule has 1 aliphatic rings. The second-order valence-electron chi connectivity index (χ2n) is 9.04. The highest BCUT2D eigenvalue weighted by atomic mass is 32.2. The number of amides is 1. The van der Waals surface area contributed by atoms with Crippen LogP contribution in [0.15, 0.2) is 52.2 Å². The predicted molar refractivity (Wildman–Crippen MR) is 131 cm³/mol. The Morgan fingerprint density at radius 3 is 2.51 bits per heavy atom. The highest BCUT2D eigenvalue weighted by molar-refractivity contribution is 7.91. The van der Waals surface area contributed by atoms with Gasteiger partial charge in [0.05, 0.1) is 29.8 Å². The van der Waals surface area contributed by atoms with Gasteiger partial charge in [0.25, 0.3) is 5.56 Å². The van der Waals surface area contributed by atoms with E-state index in [2.05, 4.69) is 5.10 Å². The molecule has 4 rings (SSSR count). The normalized spacial score (nSPS) is 16.9. The third-order valence-electron chi connectivity index (χ3n) is 6.48. The van der Waals surface area contributed by atoms with Crippen molar-refractivity contribution in [3.05, 3.63) is 85.9 Å². The second-order valence-corrected chi connectivity index (χ2v) is 11.3. The predicted octanol–water partition coefficient (Wildman–Crippen LogP) is 0.890. The minimum Gasteiger partial charge on any atom is -0.340 e. The lowest BCUT2D eigenvalue weighted by atomic mass is 10.1. The van der Waals surface area contributed by atoms with Crippen molar-refractivity contribution >= 4 is 15.7 Å². The van der Waals surface area contributed by atoms with Crippen molar-refractivity contribution in [2.75, 3.05) is 18.6 Å². The Kier molecular flexibility index (Phi) is 6.79. The van der Waals surface area contributed by atoms with Crippen LogP contribution in [0.2, 0.25) is 0 Å². The molecule has 1 unspecified atom stereocenters. The van der Waals surface area contributed by atoms with E-state index in [0.29, 0.717) is 18.7 Å². The van der Waals surface area contributed by atoms with Crippen LogP contribution in [0.5, 0.6) is 0 Å². The van der Waals surface area contributed by atoms with E-state index in [1.165, 1.54) is 21.7 Å². The number of nitrogens with zero attached hydrogens (tertiary/aromatic N) is 5. The Bertz CT molecular complexity index is 1470. The molecule has 11 heteroatoms. The summed E-state index contributed by atoms with van der Waals surface area (Å²) in [4.78, 5) is 39.7. The summed E-state index contributed by atoms with van der Waals surface area (Å²) in [6.45, 7) is 3.83. The molecule has 0 saturated carbocycles. The van der Waals surface area contributed by atoms with Crippen LogP contribution in [0.25, 0.3) is 0 Å². The van der Waals surface area contributed by atoms with Gasteiger partial charge >= 0.3 is 5.69 Å².